The van der Waals surface area contributed by atoms with Gasteiger partial charge in [0, 0.05) is 12.5 Å². The van der Waals surface area contributed by atoms with Crippen molar-refractivity contribution in [1.29, 1.82) is 0 Å². The average Bonchev–Trinajstić information content (AvgIpc) is 2.44. The van der Waals surface area contributed by atoms with Crippen LogP contribution >= 0.6 is 0 Å². The summed E-state index contributed by atoms with van der Waals surface area (Å²) in [6, 6.07) is 10.3. The Labute approximate surface area is 136 Å². The van der Waals surface area contributed by atoms with E-state index in [1.165, 1.54) is 5.56 Å². The number of aliphatic hydroxyl groups is 2. The van der Waals surface area contributed by atoms with E-state index in [1.807, 2.05) is 18.2 Å². The molecule has 2 atom stereocenters. The number of aliphatic hydroxyl groups excluding tert-OH is 2. The van der Waals surface area contributed by atoms with Gasteiger partial charge < -0.3 is 14.6 Å². The van der Waals surface area contributed by atoms with Crippen molar-refractivity contribution in [2.45, 2.75) is 70.4 Å². The van der Waals surface area contributed by atoms with Gasteiger partial charge in [0.1, 0.15) is 0 Å². The van der Waals surface area contributed by atoms with E-state index in [0.29, 0.717) is 6.42 Å². The lowest BCUT2D eigenvalue weighted by atomic mass is 10.0. The van der Waals surface area contributed by atoms with E-state index in [-0.39, 0.29) is 17.7 Å². The molecule has 1 rings (SSSR count). The molecule has 1 aromatic rings. The second-order valence-electron chi connectivity index (χ2n) is 7.60. The van der Waals surface area contributed by atoms with Gasteiger partial charge in [0.15, 0.2) is 8.32 Å². The lowest BCUT2D eigenvalue weighted by Crippen LogP contribution is -2.45. The predicted molar refractivity (Wildman–Crippen MR) is 94.5 cm³/mol. The van der Waals surface area contributed by atoms with Crippen LogP contribution in [0.5, 0.6) is 0 Å². The third-order valence-corrected chi connectivity index (χ3v) is 9.15. The molecule has 126 valence electrons. The quantitative estimate of drug-likeness (QED) is 0.716. The molecule has 0 aliphatic carbocycles. The Hall–Kier alpha value is -0.683. The lowest BCUT2D eigenvalue weighted by Gasteiger charge is -2.39. The van der Waals surface area contributed by atoms with Crippen molar-refractivity contribution in [2.75, 3.05) is 6.61 Å². The van der Waals surface area contributed by atoms with Crippen molar-refractivity contribution < 1.29 is 14.6 Å². The molecule has 4 heteroatoms. The molecule has 3 nitrogen and oxygen atoms in total. The van der Waals surface area contributed by atoms with Gasteiger partial charge in [-0.2, -0.15) is 0 Å². The fraction of sp³-hybridized carbons (Fsp3) is 0.667. The molecule has 2 N–H and O–H groups in total. The van der Waals surface area contributed by atoms with Crippen LogP contribution < -0.4 is 0 Å². The van der Waals surface area contributed by atoms with Gasteiger partial charge in [-0.25, -0.2) is 0 Å². The molecule has 0 saturated heterocycles. The van der Waals surface area contributed by atoms with E-state index >= 15 is 0 Å². The minimum absolute atomic E-state index is 0.0109. The summed E-state index contributed by atoms with van der Waals surface area (Å²) in [5.41, 5.74) is 1.28. The summed E-state index contributed by atoms with van der Waals surface area (Å²) in [4.78, 5) is 0. The highest BCUT2D eigenvalue weighted by atomic mass is 28.4. The molecule has 0 bridgehead atoms. The SMILES string of the molecule is CC(C)(C)[Si](C)(C)O[C@@H](CCc1ccccc1)C[C@@H](O)CO. The van der Waals surface area contributed by atoms with Crippen molar-refractivity contribution in [2.24, 2.45) is 0 Å². The Morgan fingerprint density at radius 3 is 2.23 bits per heavy atom. The fourth-order valence-corrected chi connectivity index (χ4v) is 3.57. The van der Waals surface area contributed by atoms with Crippen LogP contribution in [0, 0.1) is 0 Å². The number of aryl methyl sites for hydroxylation is 1. The first-order chi connectivity index (χ1) is 10.2. The van der Waals surface area contributed by atoms with Crippen LogP contribution in [0.25, 0.3) is 0 Å². The summed E-state index contributed by atoms with van der Waals surface area (Å²) in [7, 11) is -1.88. The predicted octanol–water partition coefficient (Wildman–Crippen LogP) is 3.75. The molecule has 0 spiro atoms. The van der Waals surface area contributed by atoms with E-state index in [9.17, 15) is 5.11 Å². The summed E-state index contributed by atoms with van der Waals surface area (Å²) in [5.74, 6) is 0. The number of benzene rings is 1. The molecule has 0 heterocycles. The molecule has 1 aromatic carbocycles. The Balaban J connectivity index is 2.71. The van der Waals surface area contributed by atoms with E-state index in [2.05, 4.69) is 46.0 Å². The van der Waals surface area contributed by atoms with Crippen LogP contribution in [0.4, 0.5) is 0 Å². The zero-order valence-electron chi connectivity index (χ0n) is 14.7. The summed E-state index contributed by atoms with van der Waals surface area (Å²) in [6.45, 7) is 10.9. The maximum absolute atomic E-state index is 9.81. The normalized spacial score (nSPS) is 15.6. The Morgan fingerprint density at radius 2 is 1.73 bits per heavy atom. The van der Waals surface area contributed by atoms with Gasteiger partial charge in [-0.15, -0.1) is 0 Å². The molecule has 0 aliphatic heterocycles. The van der Waals surface area contributed by atoms with Gasteiger partial charge in [-0.05, 0) is 36.5 Å². The highest BCUT2D eigenvalue weighted by Crippen LogP contribution is 2.38. The van der Waals surface area contributed by atoms with Gasteiger partial charge in [0.05, 0.1) is 12.7 Å². The van der Waals surface area contributed by atoms with Crippen LogP contribution in [-0.2, 0) is 10.8 Å². The molecule has 22 heavy (non-hydrogen) atoms. The molecule has 0 fully saturated rings. The van der Waals surface area contributed by atoms with E-state index in [0.717, 1.165) is 12.8 Å². The van der Waals surface area contributed by atoms with Gasteiger partial charge in [0.25, 0.3) is 0 Å². The van der Waals surface area contributed by atoms with Crippen molar-refractivity contribution in [3.05, 3.63) is 35.9 Å². The van der Waals surface area contributed by atoms with E-state index in [4.69, 9.17) is 9.53 Å². The van der Waals surface area contributed by atoms with Crippen molar-refractivity contribution in [3.8, 4) is 0 Å². The summed E-state index contributed by atoms with van der Waals surface area (Å²) < 4.78 is 6.46. The highest BCUT2D eigenvalue weighted by molar-refractivity contribution is 6.74. The average molecular weight is 325 g/mol. The highest BCUT2D eigenvalue weighted by Gasteiger charge is 2.39. The minimum atomic E-state index is -1.88. The second-order valence-corrected chi connectivity index (χ2v) is 12.4. The topological polar surface area (TPSA) is 49.7 Å². The van der Waals surface area contributed by atoms with E-state index in [1.54, 1.807) is 0 Å². The van der Waals surface area contributed by atoms with Crippen molar-refractivity contribution in [1.82, 2.24) is 0 Å². The molecule has 0 aromatic heterocycles. The van der Waals surface area contributed by atoms with Gasteiger partial charge in [-0.1, -0.05) is 51.1 Å². The molecular weight excluding hydrogens is 292 g/mol. The molecular formula is C18H32O3Si. The van der Waals surface area contributed by atoms with Crippen molar-refractivity contribution in [3.63, 3.8) is 0 Å². The van der Waals surface area contributed by atoms with Crippen LogP contribution in [0.2, 0.25) is 18.1 Å². The fourth-order valence-electron chi connectivity index (χ4n) is 2.17. The van der Waals surface area contributed by atoms with Gasteiger partial charge in [-0.3, -0.25) is 0 Å². The number of hydrogen-bond acceptors (Lipinski definition) is 3. The maximum Gasteiger partial charge on any atom is 0.192 e. The number of hydrogen-bond donors (Lipinski definition) is 2. The Morgan fingerprint density at radius 1 is 1.14 bits per heavy atom. The lowest BCUT2D eigenvalue weighted by molar-refractivity contribution is 0.0430. The third-order valence-electron chi connectivity index (χ3n) is 4.61. The Kier molecular flexibility index (Phi) is 7.26. The standard InChI is InChI=1S/C18H32O3Si/c1-18(2,3)22(4,5)21-17(13-16(20)14-19)12-11-15-9-7-6-8-10-15/h6-10,16-17,19-20H,11-14H2,1-5H3/t16-,17+/m1/s1. The third kappa shape index (κ3) is 6.21. The number of rotatable bonds is 8. The second kappa shape index (κ2) is 8.25. The minimum Gasteiger partial charge on any atom is -0.414 e. The summed E-state index contributed by atoms with van der Waals surface area (Å²) in [6.07, 6.45) is 1.58. The van der Waals surface area contributed by atoms with Crippen LogP contribution in [0.1, 0.15) is 39.2 Å². The Bertz CT molecular complexity index is 426. The summed E-state index contributed by atoms with van der Waals surface area (Å²) >= 11 is 0. The zero-order valence-corrected chi connectivity index (χ0v) is 15.7. The largest absolute Gasteiger partial charge is 0.414 e. The molecule has 0 aliphatic rings. The first kappa shape index (κ1) is 19.4. The first-order valence-electron chi connectivity index (χ1n) is 8.16. The van der Waals surface area contributed by atoms with Crippen molar-refractivity contribution >= 4 is 8.32 Å². The monoisotopic (exact) mass is 324 g/mol. The van der Waals surface area contributed by atoms with Crippen LogP contribution in [0.15, 0.2) is 30.3 Å². The van der Waals surface area contributed by atoms with Gasteiger partial charge >= 0.3 is 0 Å². The summed E-state index contributed by atoms with van der Waals surface area (Å²) in [5, 5.41) is 19.1. The smallest absolute Gasteiger partial charge is 0.192 e. The molecule has 0 saturated carbocycles. The van der Waals surface area contributed by atoms with E-state index < -0.39 is 14.4 Å². The molecule has 0 unspecified atom stereocenters. The maximum atomic E-state index is 9.81. The van der Waals surface area contributed by atoms with Crippen LogP contribution in [0.3, 0.4) is 0 Å². The first-order valence-corrected chi connectivity index (χ1v) is 11.1. The zero-order chi connectivity index (χ0) is 16.8. The molecule has 0 radical (unpaired) electrons. The van der Waals surface area contributed by atoms with Crippen LogP contribution in [-0.4, -0.2) is 37.3 Å². The molecule has 0 amide bonds. The van der Waals surface area contributed by atoms with Gasteiger partial charge in [0.2, 0.25) is 0 Å².